The van der Waals surface area contributed by atoms with Crippen molar-refractivity contribution in [3.05, 3.63) is 16.7 Å². The molecule has 0 saturated carbocycles. The molecule has 0 bridgehead atoms. The number of nitrogen functional groups attached to an aromatic ring is 1. The minimum Gasteiger partial charge on any atom is -0.396 e. The van der Waals surface area contributed by atoms with Crippen LogP contribution in [0.5, 0.6) is 0 Å². The molecule has 3 nitrogen and oxygen atoms in total. The predicted molar refractivity (Wildman–Crippen MR) is 73.5 cm³/mol. The zero-order chi connectivity index (χ0) is 12.1. The Kier molecular flexibility index (Phi) is 5.06. The maximum Gasteiger partial charge on any atom is 0.149 e. The van der Waals surface area contributed by atoms with E-state index in [0.717, 1.165) is 22.6 Å². The van der Waals surface area contributed by atoms with Gasteiger partial charge in [0.25, 0.3) is 0 Å². The zero-order valence-corrected chi connectivity index (χ0v) is 11.7. The maximum atomic E-state index is 5.87. The second-order valence-electron chi connectivity index (χ2n) is 4.61. The Balaban J connectivity index is 2.52. The summed E-state index contributed by atoms with van der Waals surface area (Å²) in [6.45, 7) is 6.63. The molecule has 1 heterocycles. The first kappa shape index (κ1) is 13.3. The quantitative estimate of drug-likeness (QED) is 0.868. The van der Waals surface area contributed by atoms with E-state index in [9.17, 15) is 0 Å². The first-order valence-electron chi connectivity index (χ1n) is 5.66. The third-order valence-corrected chi connectivity index (χ3v) is 2.88. The highest BCUT2D eigenvalue weighted by molar-refractivity contribution is 9.10. The fourth-order valence-electron chi connectivity index (χ4n) is 1.46. The second kappa shape index (κ2) is 6.09. The van der Waals surface area contributed by atoms with Gasteiger partial charge in [-0.25, -0.2) is 4.98 Å². The van der Waals surface area contributed by atoms with Crippen LogP contribution in [0.3, 0.4) is 0 Å². The van der Waals surface area contributed by atoms with Gasteiger partial charge in [-0.1, -0.05) is 13.8 Å². The SMILES string of the molecule is CC(C)CCC(C)Nc1ncc(Br)cc1N. The number of nitrogens with one attached hydrogen (secondary N) is 1. The van der Waals surface area contributed by atoms with Crippen molar-refractivity contribution in [2.75, 3.05) is 11.1 Å². The Labute approximate surface area is 106 Å². The first-order valence-corrected chi connectivity index (χ1v) is 6.46. The van der Waals surface area contributed by atoms with Gasteiger partial charge in [0.1, 0.15) is 5.82 Å². The Morgan fingerprint density at radius 3 is 2.62 bits per heavy atom. The molecular weight excluding hydrogens is 266 g/mol. The topological polar surface area (TPSA) is 50.9 Å². The Hall–Kier alpha value is -0.770. The maximum absolute atomic E-state index is 5.87. The van der Waals surface area contributed by atoms with Crippen LogP contribution in [-0.4, -0.2) is 11.0 Å². The molecular formula is C12H20BrN3. The van der Waals surface area contributed by atoms with Crippen LogP contribution < -0.4 is 11.1 Å². The zero-order valence-electron chi connectivity index (χ0n) is 10.1. The number of nitrogens with two attached hydrogens (primary N) is 1. The van der Waals surface area contributed by atoms with E-state index in [1.165, 1.54) is 6.42 Å². The lowest BCUT2D eigenvalue weighted by molar-refractivity contribution is 0.527. The highest BCUT2D eigenvalue weighted by Gasteiger charge is 2.07. The van der Waals surface area contributed by atoms with E-state index in [1.54, 1.807) is 6.20 Å². The molecule has 0 amide bonds. The smallest absolute Gasteiger partial charge is 0.149 e. The second-order valence-corrected chi connectivity index (χ2v) is 5.52. The lowest BCUT2D eigenvalue weighted by atomic mass is 10.0. The summed E-state index contributed by atoms with van der Waals surface area (Å²) in [7, 11) is 0. The van der Waals surface area contributed by atoms with Crippen LogP contribution in [0.1, 0.15) is 33.6 Å². The van der Waals surface area contributed by atoms with Crippen molar-refractivity contribution in [2.45, 2.75) is 39.7 Å². The average Bonchev–Trinajstić information content (AvgIpc) is 2.19. The fourth-order valence-corrected chi connectivity index (χ4v) is 1.81. The average molecular weight is 286 g/mol. The minimum atomic E-state index is 0.401. The van der Waals surface area contributed by atoms with Gasteiger partial charge in [-0.15, -0.1) is 0 Å². The van der Waals surface area contributed by atoms with Crippen LogP contribution in [0.25, 0.3) is 0 Å². The van der Waals surface area contributed by atoms with Crippen LogP contribution in [0.4, 0.5) is 11.5 Å². The van der Waals surface area contributed by atoms with Crippen molar-refractivity contribution in [3.63, 3.8) is 0 Å². The van der Waals surface area contributed by atoms with E-state index in [0.29, 0.717) is 11.7 Å². The van der Waals surface area contributed by atoms with Crippen molar-refractivity contribution in [2.24, 2.45) is 5.92 Å². The summed E-state index contributed by atoms with van der Waals surface area (Å²) in [5.41, 5.74) is 6.56. The van der Waals surface area contributed by atoms with Crippen molar-refractivity contribution >= 4 is 27.4 Å². The normalized spacial score (nSPS) is 12.8. The number of pyridine rings is 1. The van der Waals surface area contributed by atoms with Crippen LogP contribution >= 0.6 is 15.9 Å². The third kappa shape index (κ3) is 4.39. The standard InChI is InChI=1S/C12H20BrN3/c1-8(2)4-5-9(3)16-12-11(14)6-10(13)7-15-12/h6-9H,4-5,14H2,1-3H3,(H,15,16). The molecule has 0 aliphatic heterocycles. The summed E-state index contributed by atoms with van der Waals surface area (Å²) in [6, 6.07) is 2.27. The van der Waals surface area contributed by atoms with E-state index in [2.05, 4.69) is 47.0 Å². The van der Waals surface area contributed by atoms with Crippen LogP contribution in [0, 0.1) is 5.92 Å². The highest BCUT2D eigenvalue weighted by atomic mass is 79.9. The molecule has 1 aromatic heterocycles. The summed E-state index contributed by atoms with van der Waals surface area (Å²) < 4.78 is 0.908. The van der Waals surface area contributed by atoms with Crippen molar-refractivity contribution < 1.29 is 0 Å². The lowest BCUT2D eigenvalue weighted by Gasteiger charge is -2.16. The Morgan fingerprint density at radius 2 is 2.06 bits per heavy atom. The van der Waals surface area contributed by atoms with E-state index in [-0.39, 0.29) is 0 Å². The van der Waals surface area contributed by atoms with Gasteiger partial charge in [-0.05, 0) is 47.7 Å². The van der Waals surface area contributed by atoms with Crippen molar-refractivity contribution in [1.29, 1.82) is 0 Å². The van der Waals surface area contributed by atoms with Crippen LogP contribution in [0.15, 0.2) is 16.7 Å². The monoisotopic (exact) mass is 285 g/mol. The van der Waals surface area contributed by atoms with Crippen molar-refractivity contribution in [3.8, 4) is 0 Å². The van der Waals surface area contributed by atoms with Gasteiger partial charge in [0.15, 0.2) is 0 Å². The molecule has 0 spiro atoms. The van der Waals surface area contributed by atoms with Crippen LogP contribution in [-0.2, 0) is 0 Å². The molecule has 0 aromatic carbocycles. The van der Waals surface area contributed by atoms with Gasteiger partial charge >= 0.3 is 0 Å². The number of rotatable bonds is 5. The summed E-state index contributed by atoms with van der Waals surface area (Å²) in [5.74, 6) is 1.51. The Morgan fingerprint density at radius 1 is 1.38 bits per heavy atom. The molecule has 1 rings (SSSR count). The third-order valence-electron chi connectivity index (χ3n) is 2.44. The summed E-state index contributed by atoms with van der Waals surface area (Å²) in [4.78, 5) is 4.26. The molecule has 4 heteroatoms. The number of hydrogen-bond acceptors (Lipinski definition) is 3. The van der Waals surface area contributed by atoms with Crippen molar-refractivity contribution in [1.82, 2.24) is 4.98 Å². The van der Waals surface area contributed by atoms with E-state index in [4.69, 9.17) is 5.73 Å². The van der Waals surface area contributed by atoms with Gasteiger partial charge in [0.05, 0.1) is 5.69 Å². The molecule has 0 aliphatic carbocycles. The lowest BCUT2D eigenvalue weighted by Crippen LogP contribution is -2.17. The molecule has 16 heavy (non-hydrogen) atoms. The molecule has 90 valence electrons. The molecule has 1 unspecified atom stereocenters. The largest absolute Gasteiger partial charge is 0.396 e. The first-order chi connectivity index (χ1) is 7.49. The van der Waals surface area contributed by atoms with Gasteiger partial charge < -0.3 is 11.1 Å². The number of hydrogen-bond donors (Lipinski definition) is 2. The molecule has 1 atom stereocenters. The van der Waals surface area contributed by atoms with Gasteiger partial charge in [-0.3, -0.25) is 0 Å². The molecule has 0 aliphatic rings. The molecule has 1 aromatic rings. The number of halogens is 1. The molecule has 3 N–H and O–H groups in total. The van der Waals surface area contributed by atoms with Crippen LogP contribution in [0.2, 0.25) is 0 Å². The highest BCUT2D eigenvalue weighted by Crippen LogP contribution is 2.21. The molecule has 0 radical (unpaired) electrons. The fraction of sp³-hybridized carbons (Fsp3) is 0.583. The van der Waals surface area contributed by atoms with Gasteiger partial charge in [-0.2, -0.15) is 0 Å². The number of aromatic nitrogens is 1. The number of anilines is 2. The van der Waals surface area contributed by atoms with Gasteiger partial charge in [0.2, 0.25) is 0 Å². The minimum absolute atomic E-state index is 0.401. The summed E-state index contributed by atoms with van der Waals surface area (Å²) >= 11 is 3.34. The predicted octanol–water partition coefficient (Wildman–Crippen LogP) is 3.66. The van der Waals surface area contributed by atoms with E-state index in [1.807, 2.05) is 6.07 Å². The number of nitrogens with zero attached hydrogens (tertiary/aromatic N) is 1. The molecule has 0 fully saturated rings. The molecule has 0 saturated heterocycles. The van der Waals surface area contributed by atoms with Gasteiger partial charge in [0, 0.05) is 16.7 Å². The van der Waals surface area contributed by atoms with E-state index >= 15 is 0 Å². The van der Waals surface area contributed by atoms with E-state index < -0.39 is 0 Å². The summed E-state index contributed by atoms with van der Waals surface area (Å²) in [6.07, 6.45) is 4.10. The Bertz CT molecular complexity index is 339. The summed E-state index contributed by atoms with van der Waals surface area (Å²) in [5, 5.41) is 3.34.